The monoisotopic (exact) mass is 483 g/mol. The standard InChI is InChI=1S/C17H24O5.C8H17NO3/c1-17(2,3)22-16(19)13-20-11-7-10-15(18)21-12-14-8-5-4-6-9-14;1-8(2,3)12-7(10)6-11-5-4-9/h4-6,8-9H,7,10-13H2,1-3H3;4-6,9H2,1-3H3. The number of nitrogens with two attached hydrogens (primary N) is 1. The van der Waals surface area contributed by atoms with Gasteiger partial charge in [-0.15, -0.1) is 0 Å². The molecule has 1 rings (SSSR count). The molecule has 0 aliphatic rings. The van der Waals surface area contributed by atoms with Crippen molar-refractivity contribution >= 4 is 17.9 Å². The van der Waals surface area contributed by atoms with E-state index in [4.69, 9.17) is 29.4 Å². The van der Waals surface area contributed by atoms with E-state index in [2.05, 4.69) is 0 Å². The highest BCUT2D eigenvalue weighted by Gasteiger charge is 2.16. The van der Waals surface area contributed by atoms with Crippen LogP contribution in [0.3, 0.4) is 0 Å². The second kappa shape index (κ2) is 17.0. The van der Waals surface area contributed by atoms with E-state index in [1.54, 1.807) is 20.8 Å². The van der Waals surface area contributed by atoms with Crippen LogP contribution in [-0.4, -0.2) is 62.1 Å². The van der Waals surface area contributed by atoms with Crippen LogP contribution in [-0.2, 0) is 44.7 Å². The Bertz CT molecular complexity index is 708. The van der Waals surface area contributed by atoms with E-state index >= 15 is 0 Å². The van der Waals surface area contributed by atoms with E-state index in [0.717, 1.165) is 5.56 Å². The first-order chi connectivity index (χ1) is 15.8. The summed E-state index contributed by atoms with van der Waals surface area (Å²) in [7, 11) is 0. The van der Waals surface area contributed by atoms with Crippen molar-refractivity contribution in [2.75, 3.05) is 33.0 Å². The van der Waals surface area contributed by atoms with Gasteiger partial charge in [0.05, 0.1) is 6.61 Å². The second-order valence-corrected chi connectivity index (χ2v) is 9.32. The average Bonchev–Trinajstić information content (AvgIpc) is 2.71. The van der Waals surface area contributed by atoms with Crippen LogP contribution >= 0.6 is 0 Å². The van der Waals surface area contributed by atoms with Crippen LogP contribution in [0.5, 0.6) is 0 Å². The van der Waals surface area contributed by atoms with E-state index in [1.165, 1.54) is 0 Å². The first kappa shape index (κ1) is 31.5. The van der Waals surface area contributed by atoms with Gasteiger partial charge < -0.3 is 29.4 Å². The molecule has 1 aromatic carbocycles. The van der Waals surface area contributed by atoms with Crippen LogP contribution in [0.2, 0.25) is 0 Å². The lowest BCUT2D eigenvalue weighted by atomic mass is 10.2. The quantitative estimate of drug-likeness (QED) is 0.271. The van der Waals surface area contributed by atoms with Crippen molar-refractivity contribution in [3.63, 3.8) is 0 Å². The molecule has 9 heteroatoms. The van der Waals surface area contributed by atoms with Crippen LogP contribution in [0.25, 0.3) is 0 Å². The van der Waals surface area contributed by atoms with Crippen molar-refractivity contribution in [1.29, 1.82) is 0 Å². The van der Waals surface area contributed by atoms with Crippen LogP contribution in [0, 0.1) is 0 Å². The van der Waals surface area contributed by atoms with Crippen LogP contribution < -0.4 is 5.73 Å². The minimum absolute atomic E-state index is 0.0194. The number of benzene rings is 1. The maximum Gasteiger partial charge on any atom is 0.332 e. The maximum absolute atomic E-state index is 11.5. The van der Waals surface area contributed by atoms with E-state index in [-0.39, 0.29) is 38.2 Å². The summed E-state index contributed by atoms with van der Waals surface area (Å²) in [6.45, 7) is 12.1. The highest BCUT2D eigenvalue weighted by atomic mass is 16.6. The fourth-order valence-corrected chi connectivity index (χ4v) is 2.27. The van der Waals surface area contributed by atoms with Gasteiger partial charge in [-0.25, -0.2) is 9.59 Å². The Balaban J connectivity index is 0.000000770. The lowest BCUT2D eigenvalue weighted by molar-refractivity contribution is -0.161. The molecule has 0 saturated carbocycles. The summed E-state index contributed by atoms with van der Waals surface area (Å²) in [6.07, 6.45) is 0.775. The van der Waals surface area contributed by atoms with Gasteiger partial charge in [-0.2, -0.15) is 0 Å². The second-order valence-electron chi connectivity index (χ2n) is 9.32. The minimum atomic E-state index is -0.512. The van der Waals surface area contributed by atoms with E-state index in [1.807, 2.05) is 51.1 Å². The van der Waals surface area contributed by atoms with Crippen molar-refractivity contribution in [3.8, 4) is 0 Å². The number of rotatable bonds is 12. The van der Waals surface area contributed by atoms with Gasteiger partial charge in [0.25, 0.3) is 0 Å². The molecule has 0 aromatic heterocycles. The normalized spacial score (nSPS) is 11.1. The molecule has 2 N–H and O–H groups in total. The molecule has 0 atom stereocenters. The molecule has 0 heterocycles. The summed E-state index contributed by atoms with van der Waals surface area (Å²) in [6, 6.07) is 9.50. The molecule has 0 amide bonds. The number of hydrogen-bond donors (Lipinski definition) is 1. The molecule has 1 aromatic rings. The highest BCUT2D eigenvalue weighted by molar-refractivity contribution is 5.71. The summed E-state index contributed by atoms with van der Waals surface area (Å²) in [5, 5.41) is 0. The third-order valence-corrected chi connectivity index (χ3v) is 3.45. The van der Waals surface area contributed by atoms with Crippen LogP contribution in [0.1, 0.15) is 59.9 Å². The third-order valence-electron chi connectivity index (χ3n) is 3.45. The molecule has 0 aliphatic carbocycles. The summed E-state index contributed by atoms with van der Waals surface area (Å²) < 4.78 is 25.3. The van der Waals surface area contributed by atoms with E-state index < -0.39 is 17.2 Å². The smallest absolute Gasteiger partial charge is 0.332 e. The van der Waals surface area contributed by atoms with Gasteiger partial charge in [0.2, 0.25) is 0 Å². The predicted octanol–water partition coefficient (Wildman–Crippen LogP) is 3.17. The van der Waals surface area contributed by atoms with Gasteiger partial charge in [-0.3, -0.25) is 4.79 Å². The van der Waals surface area contributed by atoms with Gasteiger partial charge in [0, 0.05) is 19.6 Å². The lowest BCUT2D eigenvalue weighted by Crippen LogP contribution is -2.27. The SMILES string of the molecule is CC(C)(C)OC(=O)COCCCC(=O)OCc1ccccc1.CC(C)(C)OC(=O)COCCN. The Morgan fingerprint density at radius 3 is 1.74 bits per heavy atom. The Hall–Kier alpha value is -2.49. The van der Waals surface area contributed by atoms with Gasteiger partial charge in [0.1, 0.15) is 31.0 Å². The summed E-state index contributed by atoms with van der Waals surface area (Å²) in [5.74, 6) is -1.03. The predicted molar refractivity (Wildman–Crippen MR) is 128 cm³/mol. The Labute approximate surface area is 203 Å². The van der Waals surface area contributed by atoms with Crippen molar-refractivity contribution in [2.24, 2.45) is 5.73 Å². The molecule has 194 valence electrons. The highest BCUT2D eigenvalue weighted by Crippen LogP contribution is 2.08. The lowest BCUT2D eigenvalue weighted by Gasteiger charge is -2.19. The molecule has 0 aliphatic heterocycles. The molecule has 0 fully saturated rings. The van der Waals surface area contributed by atoms with E-state index in [0.29, 0.717) is 26.2 Å². The maximum atomic E-state index is 11.5. The first-order valence-electron chi connectivity index (χ1n) is 11.3. The van der Waals surface area contributed by atoms with Crippen molar-refractivity contribution in [1.82, 2.24) is 0 Å². The van der Waals surface area contributed by atoms with E-state index in [9.17, 15) is 14.4 Å². The number of carbonyl (C=O) groups excluding carboxylic acids is 3. The number of carbonyl (C=O) groups is 3. The fraction of sp³-hybridized carbons (Fsp3) is 0.640. The summed E-state index contributed by atoms with van der Waals surface area (Å²) >= 11 is 0. The summed E-state index contributed by atoms with van der Waals surface area (Å²) in [5.41, 5.74) is 5.17. The van der Waals surface area contributed by atoms with Gasteiger partial charge in [-0.05, 0) is 53.5 Å². The molecule has 0 bridgehead atoms. The van der Waals surface area contributed by atoms with Crippen LogP contribution in [0.15, 0.2) is 30.3 Å². The van der Waals surface area contributed by atoms with Crippen molar-refractivity contribution in [3.05, 3.63) is 35.9 Å². The molecule has 0 radical (unpaired) electrons. The molecular weight excluding hydrogens is 442 g/mol. The van der Waals surface area contributed by atoms with Gasteiger partial charge >= 0.3 is 17.9 Å². The largest absolute Gasteiger partial charge is 0.461 e. The molecule has 0 spiro atoms. The van der Waals surface area contributed by atoms with Crippen molar-refractivity contribution in [2.45, 2.75) is 72.2 Å². The molecular formula is C25H41NO8. The fourth-order valence-electron chi connectivity index (χ4n) is 2.27. The summed E-state index contributed by atoms with van der Waals surface area (Å²) in [4.78, 5) is 33.9. The Morgan fingerprint density at radius 1 is 0.765 bits per heavy atom. The minimum Gasteiger partial charge on any atom is -0.461 e. The topological polar surface area (TPSA) is 123 Å². The van der Waals surface area contributed by atoms with Crippen molar-refractivity contribution < 1.29 is 38.1 Å². The number of ether oxygens (including phenoxy) is 5. The zero-order valence-electron chi connectivity index (χ0n) is 21.4. The third kappa shape index (κ3) is 21.4. The molecule has 34 heavy (non-hydrogen) atoms. The Kier molecular flexibility index (Phi) is 15.8. The number of hydrogen-bond acceptors (Lipinski definition) is 9. The zero-order chi connectivity index (χ0) is 26.0. The molecule has 0 unspecified atom stereocenters. The van der Waals surface area contributed by atoms with Crippen LogP contribution in [0.4, 0.5) is 0 Å². The Morgan fingerprint density at radius 2 is 1.26 bits per heavy atom. The van der Waals surface area contributed by atoms with Gasteiger partial charge in [-0.1, -0.05) is 30.3 Å². The number of esters is 3. The molecule has 9 nitrogen and oxygen atoms in total. The molecule has 0 saturated heterocycles. The zero-order valence-corrected chi connectivity index (χ0v) is 21.4. The van der Waals surface area contributed by atoms with Gasteiger partial charge in [0.15, 0.2) is 0 Å². The average molecular weight is 484 g/mol. The first-order valence-corrected chi connectivity index (χ1v) is 11.3.